The molecule has 1 aromatic heterocycles. The molecule has 0 spiro atoms. The number of halogens is 2. The first kappa shape index (κ1) is 22.1. The van der Waals surface area contributed by atoms with Gasteiger partial charge in [0.2, 0.25) is 5.91 Å². The fourth-order valence-electron chi connectivity index (χ4n) is 3.81. The molecule has 1 aliphatic rings. The second-order valence-electron chi connectivity index (χ2n) is 8.32. The van der Waals surface area contributed by atoms with Gasteiger partial charge < -0.3 is 5.32 Å². The minimum absolute atomic E-state index is 0.0740. The summed E-state index contributed by atoms with van der Waals surface area (Å²) in [5, 5.41) is 2.77. The molecule has 4 rings (SSSR count). The molecule has 2 heterocycles. The highest BCUT2D eigenvalue weighted by Gasteiger charge is 2.45. The van der Waals surface area contributed by atoms with Crippen LogP contribution in [0.2, 0.25) is 0 Å². The third kappa shape index (κ3) is 4.30. The van der Waals surface area contributed by atoms with E-state index >= 15 is 0 Å². The molecular weight excluding hydrogens is 426 g/mol. The minimum Gasteiger partial charge on any atom is -0.347 e. The third-order valence-electron chi connectivity index (χ3n) is 5.60. The summed E-state index contributed by atoms with van der Waals surface area (Å²) in [5.74, 6) is -1.87. The number of carbonyl (C=O) groups is 2. The van der Waals surface area contributed by atoms with Gasteiger partial charge in [-0.05, 0) is 43.2 Å². The molecular formula is C25H20F2N4O2. The number of hydrogen-bond acceptors (Lipinski definition) is 3. The Bertz CT molecular complexity index is 1280. The Kier molecular flexibility index (Phi) is 5.64. The summed E-state index contributed by atoms with van der Waals surface area (Å²) in [5.41, 5.74) is 1.47. The van der Waals surface area contributed by atoms with E-state index in [0.717, 1.165) is 23.8 Å². The Labute approximate surface area is 189 Å². The van der Waals surface area contributed by atoms with Crippen LogP contribution in [0.15, 0.2) is 54.6 Å². The lowest BCUT2D eigenvalue weighted by atomic mass is 9.87. The summed E-state index contributed by atoms with van der Waals surface area (Å²) < 4.78 is 27.3. The number of nitrogens with one attached hydrogen (secondary N) is 1. The first-order chi connectivity index (χ1) is 15.7. The second-order valence-corrected chi connectivity index (χ2v) is 8.32. The van der Waals surface area contributed by atoms with Crippen LogP contribution in [0.4, 0.5) is 20.3 Å². The van der Waals surface area contributed by atoms with Gasteiger partial charge in [-0.15, -0.1) is 0 Å². The molecule has 8 heteroatoms. The fraction of sp³-hybridized carbons (Fsp3) is 0.200. The number of rotatable bonds is 5. The number of benzene rings is 2. The van der Waals surface area contributed by atoms with Crippen molar-refractivity contribution in [3.05, 3.63) is 100 Å². The van der Waals surface area contributed by atoms with Crippen LogP contribution in [0.25, 0.3) is 4.85 Å². The lowest BCUT2D eigenvalue weighted by molar-refractivity contribution is -0.122. The van der Waals surface area contributed by atoms with Crippen molar-refractivity contribution in [2.75, 3.05) is 4.90 Å². The molecule has 6 nitrogen and oxygen atoms in total. The first-order valence-corrected chi connectivity index (χ1v) is 10.2. The first-order valence-electron chi connectivity index (χ1n) is 10.2. The molecule has 0 fully saturated rings. The number of carbonyl (C=O) groups excluding carboxylic acids is 2. The monoisotopic (exact) mass is 446 g/mol. The number of aromatic nitrogens is 1. The summed E-state index contributed by atoms with van der Waals surface area (Å²) in [7, 11) is 0. The lowest BCUT2D eigenvalue weighted by Crippen LogP contribution is -2.36. The van der Waals surface area contributed by atoms with Gasteiger partial charge in [0, 0.05) is 18.2 Å². The SMILES string of the molecule is [C-]#[N+]c1ccc(CNC(=O)c2ccc3c(n2)N(Cc2cc(F)cc(F)c2)C(=O)C3(C)C)cc1. The zero-order valence-electron chi connectivity index (χ0n) is 18.0. The Morgan fingerprint density at radius 3 is 2.36 bits per heavy atom. The molecule has 1 aliphatic heterocycles. The van der Waals surface area contributed by atoms with Crippen LogP contribution < -0.4 is 10.2 Å². The van der Waals surface area contributed by atoms with E-state index in [-0.39, 0.29) is 30.3 Å². The molecule has 2 amide bonds. The molecule has 0 radical (unpaired) electrons. The van der Waals surface area contributed by atoms with E-state index < -0.39 is 23.0 Å². The molecule has 0 unspecified atom stereocenters. The van der Waals surface area contributed by atoms with Crippen LogP contribution in [-0.2, 0) is 23.3 Å². The summed E-state index contributed by atoms with van der Waals surface area (Å²) in [6.07, 6.45) is 0. The van der Waals surface area contributed by atoms with E-state index in [1.807, 2.05) is 0 Å². The van der Waals surface area contributed by atoms with Gasteiger partial charge in [0.05, 0.1) is 18.5 Å². The Hall–Kier alpha value is -4.12. The molecule has 3 aromatic rings. The van der Waals surface area contributed by atoms with Crippen LogP contribution >= 0.6 is 0 Å². The Morgan fingerprint density at radius 2 is 1.73 bits per heavy atom. The normalized spacial score (nSPS) is 14.0. The maximum atomic E-state index is 13.7. The quantitative estimate of drug-likeness (QED) is 0.580. The molecule has 0 bridgehead atoms. The molecule has 0 aliphatic carbocycles. The van der Waals surface area contributed by atoms with E-state index in [4.69, 9.17) is 6.57 Å². The third-order valence-corrected chi connectivity index (χ3v) is 5.60. The fourth-order valence-corrected chi connectivity index (χ4v) is 3.81. The minimum atomic E-state index is -0.895. The van der Waals surface area contributed by atoms with Crippen molar-refractivity contribution in [1.82, 2.24) is 10.3 Å². The number of hydrogen-bond donors (Lipinski definition) is 1. The van der Waals surface area contributed by atoms with E-state index in [2.05, 4.69) is 15.1 Å². The predicted molar refractivity (Wildman–Crippen MR) is 119 cm³/mol. The Balaban J connectivity index is 1.58. The standard InChI is InChI=1S/C25H20F2N4O2/c1-25(2)20-8-9-21(23(32)29-13-15-4-6-19(28-3)7-5-15)30-22(20)31(24(25)33)14-16-10-17(26)12-18(27)11-16/h4-12H,13-14H2,1-2H3,(H,29,32). The summed E-state index contributed by atoms with van der Waals surface area (Å²) in [6.45, 7) is 10.6. The largest absolute Gasteiger partial charge is 0.347 e. The van der Waals surface area contributed by atoms with Crippen molar-refractivity contribution in [3.8, 4) is 0 Å². The number of pyridine rings is 1. The zero-order chi connectivity index (χ0) is 23.8. The van der Waals surface area contributed by atoms with Crippen molar-refractivity contribution < 1.29 is 18.4 Å². The van der Waals surface area contributed by atoms with Crippen LogP contribution in [-0.4, -0.2) is 16.8 Å². The molecule has 2 aromatic carbocycles. The van der Waals surface area contributed by atoms with Crippen LogP contribution in [0.1, 0.15) is 41.0 Å². The summed E-state index contributed by atoms with van der Waals surface area (Å²) in [6, 6.07) is 13.2. The van der Waals surface area contributed by atoms with E-state index in [0.29, 0.717) is 17.1 Å². The van der Waals surface area contributed by atoms with Gasteiger partial charge in [0.15, 0.2) is 5.69 Å². The van der Waals surface area contributed by atoms with E-state index in [1.54, 1.807) is 50.2 Å². The van der Waals surface area contributed by atoms with Gasteiger partial charge in [0.1, 0.15) is 23.1 Å². The highest BCUT2D eigenvalue weighted by Crippen LogP contribution is 2.41. The summed E-state index contributed by atoms with van der Waals surface area (Å²) >= 11 is 0. The molecule has 0 saturated carbocycles. The zero-order valence-corrected chi connectivity index (χ0v) is 18.0. The lowest BCUT2D eigenvalue weighted by Gasteiger charge is -2.20. The van der Waals surface area contributed by atoms with Gasteiger partial charge in [-0.1, -0.05) is 30.3 Å². The number of fused-ring (bicyclic) bond motifs is 1. The molecule has 0 saturated heterocycles. The number of anilines is 1. The van der Waals surface area contributed by atoms with Crippen LogP contribution in [0.5, 0.6) is 0 Å². The molecule has 1 N–H and O–H groups in total. The maximum absolute atomic E-state index is 13.7. The van der Waals surface area contributed by atoms with Gasteiger partial charge in [-0.3, -0.25) is 14.5 Å². The predicted octanol–water partition coefficient (Wildman–Crippen LogP) is 4.66. The van der Waals surface area contributed by atoms with Crippen LogP contribution in [0.3, 0.4) is 0 Å². The summed E-state index contributed by atoms with van der Waals surface area (Å²) in [4.78, 5) is 34.9. The van der Waals surface area contributed by atoms with Crippen molar-refractivity contribution in [3.63, 3.8) is 0 Å². The van der Waals surface area contributed by atoms with Gasteiger partial charge in [0.25, 0.3) is 5.91 Å². The Morgan fingerprint density at radius 1 is 1.06 bits per heavy atom. The average molecular weight is 446 g/mol. The van der Waals surface area contributed by atoms with E-state index in [1.165, 1.54) is 4.90 Å². The van der Waals surface area contributed by atoms with Gasteiger partial charge >= 0.3 is 0 Å². The molecule has 0 atom stereocenters. The highest BCUT2D eigenvalue weighted by molar-refractivity contribution is 6.07. The van der Waals surface area contributed by atoms with Crippen molar-refractivity contribution in [1.29, 1.82) is 0 Å². The van der Waals surface area contributed by atoms with Crippen LogP contribution in [0, 0.1) is 18.2 Å². The van der Waals surface area contributed by atoms with Crippen molar-refractivity contribution >= 4 is 23.3 Å². The number of nitrogens with zero attached hydrogens (tertiary/aromatic N) is 3. The van der Waals surface area contributed by atoms with E-state index in [9.17, 15) is 18.4 Å². The van der Waals surface area contributed by atoms with Gasteiger partial charge in [-0.25, -0.2) is 18.6 Å². The molecule has 166 valence electrons. The highest BCUT2D eigenvalue weighted by atomic mass is 19.1. The topological polar surface area (TPSA) is 66.7 Å². The maximum Gasteiger partial charge on any atom is 0.270 e. The molecule has 33 heavy (non-hydrogen) atoms. The smallest absolute Gasteiger partial charge is 0.270 e. The average Bonchev–Trinajstić information content (AvgIpc) is 2.97. The number of amides is 2. The van der Waals surface area contributed by atoms with Crippen molar-refractivity contribution in [2.45, 2.75) is 32.4 Å². The van der Waals surface area contributed by atoms with Crippen molar-refractivity contribution in [2.24, 2.45) is 0 Å². The second kappa shape index (κ2) is 8.43. The van der Waals surface area contributed by atoms with Gasteiger partial charge in [-0.2, -0.15) is 0 Å².